The van der Waals surface area contributed by atoms with Gasteiger partial charge < -0.3 is 14.3 Å². The number of ether oxygens (including phenoxy) is 1. The second-order valence-electron chi connectivity index (χ2n) is 8.81. The standard InChI is InChI=1S/C29H25ClN2O5S/c1-2-36-29(35)26-22-12-13-32(16-18-6-4-3-5-7-18)17-25(22)38-27(26)31-15-20-9-11-24(37-20)19-8-10-21(28(33)34)23(30)14-19/h3-11,14-15H,2,12-13,16-17H2,1H3,(H,33,34). The van der Waals surface area contributed by atoms with Gasteiger partial charge in [0, 0.05) is 30.1 Å². The molecule has 0 unspecified atom stereocenters. The summed E-state index contributed by atoms with van der Waals surface area (Å²) in [6, 6.07) is 18.5. The Hall–Kier alpha value is -3.72. The molecule has 1 aliphatic rings. The van der Waals surface area contributed by atoms with Crippen molar-refractivity contribution in [2.24, 2.45) is 4.99 Å². The normalized spacial score (nSPS) is 13.5. The number of aliphatic imine (C=N–C) groups is 1. The maximum atomic E-state index is 12.9. The molecule has 2 aromatic carbocycles. The first kappa shape index (κ1) is 25.9. The van der Waals surface area contributed by atoms with E-state index in [1.165, 1.54) is 23.0 Å². The molecule has 2 aromatic heterocycles. The number of thiophene rings is 1. The van der Waals surface area contributed by atoms with Crippen molar-refractivity contribution in [1.82, 2.24) is 4.90 Å². The molecule has 7 nitrogen and oxygen atoms in total. The average Bonchev–Trinajstić information content (AvgIpc) is 3.52. The van der Waals surface area contributed by atoms with Crippen LogP contribution in [0.15, 0.2) is 70.1 Å². The molecular formula is C29H25ClN2O5S. The van der Waals surface area contributed by atoms with Crippen molar-refractivity contribution in [2.75, 3.05) is 13.2 Å². The summed E-state index contributed by atoms with van der Waals surface area (Å²) < 4.78 is 11.3. The van der Waals surface area contributed by atoms with Crippen molar-refractivity contribution in [3.05, 3.63) is 98.6 Å². The first-order chi connectivity index (χ1) is 18.4. The maximum absolute atomic E-state index is 12.9. The van der Waals surface area contributed by atoms with Crippen LogP contribution in [0.2, 0.25) is 5.02 Å². The lowest BCUT2D eigenvalue weighted by Gasteiger charge is -2.27. The molecule has 1 N–H and O–H groups in total. The smallest absolute Gasteiger partial charge is 0.341 e. The van der Waals surface area contributed by atoms with E-state index in [1.54, 1.807) is 37.4 Å². The average molecular weight is 549 g/mol. The number of rotatable bonds is 8. The van der Waals surface area contributed by atoms with E-state index in [1.807, 2.05) is 18.2 Å². The molecule has 0 atom stereocenters. The van der Waals surface area contributed by atoms with E-state index in [0.29, 0.717) is 27.6 Å². The fourth-order valence-electron chi connectivity index (χ4n) is 4.46. The summed E-state index contributed by atoms with van der Waals surface area (Å²) in [4.78, 5) is 32.2. The lowest BCUT2D eigenvalue weighted by atomic mass is 10.0. The molecule has 4 aromatic rings. The summed E-state index contributed by atoms with van der Waals surface area (Å²) in [5.41, 5.74) is 3.48. The number of nitrogens with zero attached hydrogens (tertiary/aromatic N) is 2. The monoisotopic (exact) mass is 548 g/mol. The molecule has 0 fully saturated rings. The molecule has 38 heavy (non-hydrogen) atoms. The number of halogens is 1. The minimum Gasteiger partial charge on any atom is -0.478 e. The molecule has 0 spiro atoms. The van der Waals surface area contributed by atoms with Crippen LogP contribution >= 0.6 is 22.9 Å². The van der Waals surface area contributed by atoms with Crippen LogP contribution in [-0.2, 0) is 24.2 Å². The molecular weight excluding hydrogens is 524 g/mol. The second-order valence-corrected chi connectivity index (χ2v) is 10.3. The molecule has 9 heteroatoms. The maximum Gasteiger partial charge on any atom is 0.341 e. The third-order valence-corrected chi connectivity index (χ3v) is 7.70. The Morgan fingerprint density at radius 1 is 1.18 bits per heavy atom. The highest BCUT2D eigenvalue weighted by Gasteiger charge is 2.28. The van der Waals surface area contributed by atoms with Gasteiger partial charge in [-0.15, -0.1) is 11.3 Å². The summed E-state index contributed by atoms with van der Waals surface area (Å²) >= 11 is 7.61. The number of hydrogen-bond acceptors (Lipinski definition) is 7. The third-order valence-electron chi connectivity index (χ3n) is 6.27. The number of carboxylic acid groups (broad SMARTS) is 1. The second kappa shape index (κ2) is 11.3. The van der Waals surface area contributed by atoms with E-state index in [9.17, 15) is 14.7 Å². The predicted octanol–water partition coefficient (Wildman–Crippen LogP) is 6.85. The quantitative estimate of drug-likeness (QED) is 0.191. The Morgan fingerprint density at radius 3 is 2.74 bits per heavy atom. The highest BCUT2D eigenvalue weighted by atomic mass is 35.5. The number of benzene rings is 2. The Morgan fingerprint density at radius 2 is 2.00 bits per heavy atom. The van der Waals surface area contributed by atoms with Gasteiger partial charge >= 0.3 is 11.9 Å². The van der Waals surface area contributed by atoms with Gasteiger partial charge in [0.1, 0.15) is 16.5 Å². The van der Waals surface area contributed by atoms with Crippen molar-refractivity contribution >= 4 is 46.1 Å². The zero-order valence-corrected chi connectivity index (χ0v) is 22.2. The molecule has 0 saturated carbocycles. The van der Waals surface area contributed by atoms with Gasteiger partial charge in [-0.05, 0) is 48.7 Å². The molecule has 0 bridgehead atoms. The minimum atomic E-state index is -1.09. The number of carbonyl (C=O) groups is 2. The molecule has 0 radical (unpaired) electrons. The number of hydrogen-bond donors (Lipinski definition) is 1. The van der Waals surface area contributed by atoms with E-state index < -0.39 is 5.97 Å². The Bertz CT molecular complexity index is 1510. The van der Waals surface area contributed by atoms with Gasteiger partial charge in [0.2, 0.25) is 0 Å². The van der Waals surface area contributed by atoms with E-state index in [-0.39, 0.29) is 23.2 Å². The first-order valence-electron chi connectivity index (χ1n) is 12.2. The molecule has 1 aliphatic heterocycles. The summed E-state index contributed by atoms with van der Waals surface area (Å²) in [5.74, 6) is -0.432. The number of esters is 1. The third kappa shape index (κ3) is 5.57. The van der Waals surface area contributed by atoms with E-state index in [2.05, 4.69) is 22.0 Å². The number of furan rings is 1. The van der Waals surface area contributed by atoms with Gasteiger partial charge in [0.25, 0.3) is 0 Å². The number of fused-ring (bicyclic) bond motifs is 1. The van der Waals surface area contributed by atoms with Crippen molar-refractivity contribution in [3.8, 4) is 11.3 Å². The molecule has 194 valence electrons. The van der Waals surface area contributed by atoms with Gasteiger partial charge in [-0.3, -0.25) is 4.90 Å². The van der Waals surface area contributed by atoms with E-state index >= 15 is 0 Å². The van der Waals surface area contributed by atoms with Crippen molar-refractivity contribution < 1.29 is 23.8 Å². The van der Waals surface area contributed by atoms with Crippen LogP contribution in [0.25, 0.3) is 11.3 Å². The lowest BCUT2D eigenvalue weighted by Crippen LogP contribution is -2.29. The predicted molar refractivity (Wildman–Crippen MR) is 148 cm³/mol. The van der Waals surface area contributed by atoms with Crippen LogP contribution in [0.1, 0.15) is 49.4 Å². The first-order valence-corrected chi connectivity index (χ1v) is 13.4. The van der Waals surface area contributed by atoms with Crippen LogP contribution in [0.3, 0.4) is 0 Å². The van der Waals surface area contributed by atoms with Crippen LogP contribution in [0, 0.1) is 0 Å². The minimum absolute atomic E-state index is 0.0271. The zero-order chi connectivity index (χ0) is 26.6. The number of carboxylic acids is 1. The van der Waals surface area contributed by atoms with Gasteiger partial charge in [0.05, 0.1) is 29.0 Å². The van der Waals surface area contributed by atoms with Crippen LogP contribution < -0.4 is 0 Å². The summed E-state index contributed by atoms with van der Waals surface area (Å²) in [6.45, 7) is 4.52. The molecule has 0 amide bonds. The topological polar surface area (TPSA) is 92.3 Å². The van der Waals surface area contributed by atoms with E-state index in [4.69, 9.17) is 20.8 Å². The van der Waals surface area contributed by atoms with Crippen LogP contribution in [0.5, 0.6) is 0 Å². The zero-order valence-electron chi connectivity index (χ0n) is 20.6. The Labute approximate surface area is 229 Å². The largest absolute Gasteiger partial charge is 0.478 e. The molecule has 0 aliphatic carbocycles. The van der Waals surface area contributed by atoms with Gasteiger partial charge in [-0.2, -0.15) is 0 Å². The van der Waals surface area contributed by atoms with Gasteiger partial charge in [-0.1, -0.05) is 48.0 Å². The Balaban J connectivity index is 1.39. The summed E-state index contributed by atoms with van der Waals surface area (Å²) in [5, 5.41) is 9.92. The van der Waals surface area contributed by atoms with Gasteiger partial charge in [0.15, 0.2) is 0 Å². The molecule has 3 heterocycles. The van der Waals surface area contributed by atoms with Crippen molar-refractivity contribution in [2.45, 2.75) is 26.4 Å². The highest BCUT2D eigenvalue weighted by Crippen LogP contribution is 2.40. The van der Waals surface area contributed by atoms with Crippen LogP contribution in [-0.4, -0.2) is 41.3 Å². The number of carbonyl (C=O) groups excluding carboxylic acids is 1. The van der Waals surface area contributed by atoms with Gasteiger partial charge in [-0.25, -0.2) is 14.6 Å². The highest BCUT2D eigenvalue weighted by molar-refractivity contribution is 7.16. The molecule has 5 rings (SSSR count). The summed E-state index contributed by atoms with van der Waals surface area (Å²) in [6.07, 6.45) is 2.33. The number of aromatic carboxylic acids is 1. The van der Waals surface area contributed by atoms with Crippen molar-refractivity contribution in [3.63, 3.8) is 0 Å². The van der Waals surface area contributed by atoms with Crippen LogP contribution in [0.4, 0.5) is 5.00 Å². The van der Waals surface area contributed by atoms with E-state index in [0.717, 1.165) is 36.5 Å². The van der Waals surface area contributed by atoms with Crippen molar-refractivity contribution in [1.29, 1.82) is 0 Å². The SMILES string of the molecule is CCOC(=O)c1c(N=Cc2ccc(-c3ccc(C(=O)O)c(Cl)c3)o2)sc2c1CCN(Cc1ccccc1)C2. The Kier molecular flexibility index (Phi) is 7.74. The fourth-order valence-corrected chi connectivity index (χ4v) is 5.95. The fraction of sp³-hybridized carbons (Fsp3) is 0.207. The lowest BCUT2D eigenvalue weighted by molar-refractivity contribution is 0.0525. The summed E-state index contributed by atoms with van der Waals surface area (Å²) in [7, 11) is 0. The molecule has 0 saturated heterocycles.